The summed E-state index contributed by atoms with van der Waals surface area (Å²) in [6.07, 6.45) is 1.39. The predicted octanol–water partition coefficient (Wildman–Crippen LogP) is 3.96. The molecule has 3 heterocycles. The standard InChI is InChI=1S/C28H32N4O5/c1-17(2)37-15-7-13-29-25(33)20-8-5-6-9-23(20)32-26(34)28(3)24-19(12-14-31(28)27(32)35)21-16-18(36-4)10-11-22(21)30-24/h5-6,8-11,16-17,30H,7,12-15H2,1-4H3,(H,29,33). The Morgan fingerprint density at radius 3 is 2.73 bits per heavy atom. The van der Waals surface area contributed by atoms with Crippen molar-refractivity contribution in [2.45, 2.75) is 45.3 Å². The number of hydrogen-bond acceptors (Lipinski definition) is 5. The Kier molecular flexibility index (Phi) is 6.41. The van der Waals surface area contributed by atoms with Crippen molar-refractivity contribution in [2.24, 2.45) is 0 Å². The minimum atomic E-state index is -1.21. The second kappa shape index (κ2) is 9.55. The number of imide groups is 1. The first-order valence-electron chi connectivity index (χ1n) is 12.6. The maximum absolute atomic E-state index is 14.0. The van der Waals surface area contributed by atoms with E-state index in [0.29, 0.717) is 38.2 Å². The van der Waals surface area contributed by atoms with Crippen LogP contribution in [0.3, 0.4) is 0 Å². The first-order chi connectivity index (χ1) is 17.8. The molecular weight excluding hydrogens is 472 g/mol. The molecule has 5 rings (SSSR count). The van der Waals surface area contributed by atoms with Gasteiger partial charge in [0.05, 0.1) is 30.2 Å². The highest BCUT2D eigenvalue weighted by Crippen LogP contribution is 2.46. The lowest BCUT2D eigenvalue weighted by molar-refractivity contribution is -0.125. The molecule has 1 atom stereocenters. The Balaban J connectivity index is 1.46. The number of fused-ring (bicyclic) bond motifs is 5. The summed E-state index contributed by atoms with van der Waals surface area (Å²) in [7, 11) is 1.62. The topological polar surface area (TPSA) is 104 Å². The molecule has 1 fully saturated rings. The summed E-state index contributed by atoms with van der Waals surface area (Å²) < 4.78 is 10.9. The monoisotopic (exact) mass is 504 g/mol. The van der Waals surface area contributed by atoms with E-state index in [1.165, 1.54) is 0 Å². The van der Waals surface area contributed by atoms with Gasteiger partial charge in [0.15, 0.2) is 5.54 Å². The lowest BCUT2D eigenvalue weighted by Crippen LogP contribution is -2.49. The van der Waals surface area contributed by atoms with Crippen LogP contribution in [0.15, 0.2) is 42.5 Å². The lowest BCUT2D eigenvalue weighted by atomic mass is 9.87. The first-order valence-corrected chi connectivity index (χ1v) is 12.6. The number of H-pyrrole nitrogens is 1. The quantitative estimate of drug-likeness (QED) is 0.357. The number of aromatic nitrogens is 1. The van der Waals surface area contributed by atoms with Crippen molar-refractivity contribution >= 4 is 34.4 Å². The number of amides is 4. The fraction of sp³-hybridized carbons (Fsp3) is 0.393. The van der Waals surface area contributed by atoms with Crippen molar-refractivity contribution < 1.29 is 23.9 Å². The molecule has 0 aliphatic carbocycles. The third kappa shape index (κ3) is 4.03. The minimum Gasteiger partial charge on any atom is -0.497 e. The Labute approximate surface area is 215 Å². The summed E-state index contributed by atoms with van der Waals surface area (Å²) in [4.78, 5) is 46.9. The van der Waals surface area contributed by atoms with Crippen LogP contribution in [-0.4, -0.2) is 60.6 Å². The SMILES string of the molecule is COc1ccc2[nH]c3c(c2c1)CCN1C(=O)N(c2ccccc2C(=O)NCCCOC(C)C)C(=O)C31C. The van der Waals surface area contributed by atoms with Gasteiger partial charge in [0.2, 0.25) is 0 Å². The van der Waals surface area contributed by atoms with Crippen LogP contribution in [0.25, 0.3) is 10.9 Å². The number of rotatable bonds is 8. The molecule has 3 aromatic rings. The van der Waals surface area contributed by atoms with Crippen molar-refractivity contribution in [3.8, 4) is 5.75 Å². The molecule has 9 nitrogen and oxygen atoms in total. The average Bonchev–Trinajstić information content (AvgIpc) is 3.36. The molecule has 2 N–H and O–H groups in total. The van der Waals surface area contributed by atoms with Crippen LogP contribution < -0.4 is 15.0 Å². The van der Waals surface area contributed by atoms with Crippen molar-refractivity contribution in [2.75, 3.05) is 31.7 Å². The fourth-order valence-electron chi connectivity index (χ4n) is 5.31. The van der Waals surface area contributed by atoms with Gasteiger partial charge in [0.1, 0.15) is 5.75 Å². The number of carbonyl (C=O) groups is 3. The number of methoxy groups -OCH3 is 1. The van der Waals surface area contributed by atoms with Crippen LogP contribution in [0.5, 0.6) is 5.75 Å². The largest absolute Gasteiger partial charge is 0.497 e. The molecule has 0 bridgehead atoms. The van der Waals surface area contributed by atoms with Gasteiger partial charge >= 0.3 is 6.03 Å². The van der Waals surface area contributed by atoms with Crippen LogP contribution in [0.1, 0.15) is 48.8 Å². The Morgan fingerprint density at radius 1 is 1.19 bits per heavy atom. The lowest BCUT2D eigenvalue weighted by Gasteiger charge is -2.35. The van der Waals surface area contributed by atoms with E-state index in [1.807, 2.05) is 32.0 Å². The van der Waals surface area contributed by atoms with E-state index in [-0.39, 0.29) is 29.2 Å². The molecule has 194 valence electrons. The molecule has 1 saturated heterocycles. The number of ether oxygens (including phenoxy) is 2. The zero-order chi connectivity index (χ0) is 26.3. The van der Waals surface area contributed by atoms with Gasteiger partial charge in [-0.1, -0.05) is 12.1 Å². The van der Waals surface area contributed by atoms with Crippen molar-refractivity contribution in [1.82, 2.24) is 15.2 Å². The molecule has 1 aromatic heterocycles. The summed E-state index contributed by atoms with van der Waals surface area (Å²) >= 11 is 0. The van der Waals surface area contributed by atoms with E-state index < -0.39 is 11.6 Å². The van der Waals surface area contributed by atoms with E-state index >= 15 is 0 Å². The number of carbonyl (C=O) groups excluding carboxylic acids is 3. The second-order valence-electron chi connectivity index (χ2n) is 9.83. The van der Waals surface area contributed by atoms with E-state index in [4.69, 9.17) is 9.47 Å². The zero-order valence-electron chi connectivity index (χ0n) is 21.6. The van der Waals surface area contributed by atoms with Crippen LogP contribution in [0.4, 0.5) is 10.5 Å². The van der Waals surface area contributed by atoms with Gasteiger partial charge in [0.25, 0.3) is 11.8 Å². The average molecular weight is 505 g/mol. The number of nitrogens with zero attached hydrogens (tertiary/aromatic N) is 2. The fourth-order valence-corrected chi connectivity index (χ4v) is 5.31. The van der Waals surface area contributed by atoms with Gasteiger partial charge in [-0.3, -0.25) is 9.59 Å². The van der Waals surface area contributed by atoms with Crippen LogP contribution >= 0.6 is 0 Å². The van der Waals surface area contributed by atoms with Gasteiger partial charge in [-0.2, -0.15) is 0 Å². The molecule has 9 heteroatoms. The van der Waals surface area contributed by atoms with Gasteiger partial charge in [-0.25, -0.2) is 9.69 Å². The summed E-state index contributed by atoms with van der Waals surface area (Å²) in [5, 5.41) is 3.86. The van der Waals surface area contributed by atoms with Gasteiger partial charge < -0.3 is 24.7 Å². The number of urea groups is 1. The third-order valence-corrected chi connectivity index (χ3v) is 7.21. The van der Waals surface area contributed by atoms with Gasteiger partial charge in [0, 0.05) is 30.6 Å². The van der Waals surface area contributed by atoms with Crippen molar-refractivity contribution in [3.05, 3.63) is 59.3 Å². The molecule has 0 spiro atoms. The van der Waals surface area contributed by atoms with Crippen molar-refractivity contribution in [3.63, 3.8) is 0 Å². The highest BCUT2D eigenvalue weighted by atomic mass is 16.5. The number of aromatic amines is 1. The third-order valence-electron chi connectivity index (χ3n) is 7.21. The molecule has 0 saturated carbocycles. The minimum absolute atomic E-state index is 0.128. The van der Waals surface area contributed by atoms with E-state index in [0.717, 1.165) is 27.1 Å². The predicted molar refractivity (Wildman–Crippen MR) is 140 cm³/mol. The van der Waals surface area contributed by atoms with E-state index in [1.54, 1.807) is 43.2 Å². The van der Waals surface area contributed by atoms with Crippen molar-refractivity contribution in [1.29, 1.82) is 0 Å². The Hall–Kier alpha value is -3.85. The summed E-state index contributed by atoms with van der Waals surface area (Å²) in [6, 6.07) is 12.0. The smallest absolute Gasteiger partial charge is 0.332 e. The molecule has 2 aromatic carbocycles. The number of anilines is 1. The second-order valence-corrected chi connectivity index (χ2v) is 9.83. The molecule has 4 amide bonds. The number of para-hydroxylation sites is 1. The molecule has 37 heavy (non-hydrogen) atoms. The Morgan fingerprint density at radius 2 is 1.97 bits per heavy atom. The van der Waals surface area contributed by atoms with E-state index in [2.05, 4.69) is 10.3 Å². The van der Waals surface area contributed by atoms with Crippen LogP contribution in [0.2, 0.25) is 0 Å². The first kappa shape index (κ1) is 24.8. The van der Waals surface area contributed by atoms with Crippen LogP contribution in [0, 0.1) is 0 Å². The van der Waals surface area contributed by atoms with Crippen LogP contribution in [-0.2, 0) is 21.5 Å². The number of hydrogen-bond donors (Lipinski definition) is 2. The molecule has 1 unspecified atom stereocenters. The molecule has 0 radical (unpaired) electrons. The zero-order valence-corrected chi connectivity index (χ0v) is 21.6. The van der Waals surface area contributed by atoms with Gasteiger partial charge in [-0.05, 0) is 69.5 Å². The normalized spacial score (nSPS) is 18.9. The van der Waals surface area contributed by atoms with E-state index in [9.17, 15) is 14.4 Å². The summed E-state index contributed by atoms with van der Waals surface area (Å²) in [6.45, 7) is 7.04. The maximum atomic E-state index is 14.0. The highest BCUT2D eigenvalue weighted by molar-refractivity contribution is 6.25. The maximum Gasteiger partial charge on any atom is 0.332 e. The molecular formula is C28H32N4O5. The summed E-state index contributed by atoms with van der Waals surface area (Å²) in [5.74, 6) is 0.00441. The number of benzene rings is 2. The number of nitrogens with one attached hydrogen (secondary N) is 2. The highest BCUT2D eigenvalue weighted by Gasteiger charge is 2.59. The summed E-state index contributed by atoms with van der Waals surface area (Å²) in [5.41, 5.74) is 1.94. The van der Waals surface area contributed by atoms with Gasteiger partial charge in [-0.15, -0.1) is 0 Å². The molecule has 2 aliphatic rings. The Bertz CT molecular complexity index is 1380. The molecule has 2 aliphatic heterocycles.